The number of benzene rings is 2. The molecule has 0 saturated heterocycles. The van der Waals surface area contributed by atoms with E-state index in [2.05, 4.69) is 11.9 Å². The Kier molecular flexibility index (Phi) is 4.24. The number of hydrogen-bond acceptors (Lipinski definition) is 3. The van der Waals surface area contributed by atoms with E-state index in [9.17, 15) is 0 Å². The van der Waals surface area contributed by atoms with Crippen LogP contribution < -0.4 is 4.74 Å². The average molecular weight is 293 g/mol. The first-order valence-corrected chi connectivity index (χ1v) is 7.56. The van der Waals surface area contributed by atoms with Gasteiger partial charge in [-0.2, -0.15) is 0 Å². The Morgan fingerprint density at radius 1 is 0.955 bits per heavy atom. The zero-order valence-corrected chi connectivity index (χ0v) is 12.9. The highest BCUT2D eigenvalue weighted by molar-refractivity contribution is 5.55. The second kappa shape index (κ2) is 6.48. The zero-order valence-electron chi connectivity index (χ0n) is 12.9. The third kappa shape index (κ3) is 3.19. The summed E-state index contributed by atoms with van der Waals surface area (Å²) >= 11 is 0. The molecule has 1 heterocycles. The molecular formula is C19H19NO2. The minimum atomic E-state index is 0.673. The van der Waals surface area contributed by atoms with Gasteiger partial charge in [0.1, 0.15) is 17.3 Å². The minimum Gasteiger partial charge on any atom is -0.457 e. The Morgan fingerprint density at radius 2 is 1.64 bits per heavy atom. The maximum absolute atomic E-state index is 5.79. The summed E-state index contributed by atoms with van der Waals surface area (Å²) in [5.41, 5.74) is 2.01. The van der Waals surface area contributed by atoms with Crippen molar-refractivity contribution in [1.82, 2.24) is 4.98 Å². The van der Waals surface area contributed by atoms with E-state index in [-0.39, 0.29) is 0 Å². The van der Waals surface area contributed by atoms with Crippen LogP contribution in [0, 0.1) is 6.92 Å². The van der Waals surface area contributed by atoms with Crippen LogP contribution in [-0.2, 0) is 6.42 Å². The molecule has 1 aromatic heterocycles. The van der Waals surface area contributed by atoms with E-state index in [1.807, 2.05) is 61.5 Å². The summed E-state index contributed by atoms with van der Waals surface area (Å²) in [4.78, 5) is 4.58. The molecular weight excluding hydrogens is 274 g/mol. The van der Waals surface area contributed by atoms with Crippen LogP contribution in [0.4, 0.5) is 0 Å². The van der Waals surface area contributed by atoms with Gasteiger partial charge in [-0.15, -0.1) is 0 Å². The van der Waals surface area contributed by atoms with Crippen molar-refractivity contribution < 1.29 is 9.15 Å². The first-order valence-electron chi connectivity index (χ1n) is 7.56. The van der Waals surface area contributed by atoms with E-state index in [0.717, 1.165) is 41.4 Å². The van der Waals surface area contributed by atoms with E-state index in [1.54, 1.807) is 0 Å². The van der Waals surface area contributed by atoms with Crippen molar-refractivity contribution in [3.63, 3.8) is 0 Å². The van der Waals surface area contributed by atoms with Gasteiger partial charge in [0.15, 0.2) is 0 Å². The summed E-state index contributed by atoms with van der Waals surface area (Å²) in [6.45, 7) is 4.11. The van der Waals surface area contributed by atoms with Gasteiger partial charge in [0.05, 0.1) is 5.69 Å². The molecule has 0 aliphatic heterocycles. The Labute approximate surface area is 130 Å². The van der Waals surface area contributed by atoms with Crippen molar-refractivity contribution in [2.24, 2.45) is 0 Å². The molecule has 0 bridgehead atoms. The molecule has 0 fully saturated rings. The standard InChI is InChI=1S/C19H19NO2/c1-3-7-18-14(2)21-19(20-18)15-10-12-17(13-11-15)22-16-8-5-4-6-9-16/h4-6,8-13H,3,7H2,1-2H3. The summed E-state index contributed by atoms with van der Waals surface area (Å²) in [5.74, 6) is 3.20. The summed E-state index contributed by atoms with van der Waals surface area (Å²) in [6, 6.07) is 17.5. The second-order valence-corrected chi connectivity index (χ2v) is 5.21. The van der Waals surface area contributed by atoms with Crippen LogP contribution in [0.3, 0.4) is 0 Å². The zero-order chi connectivity index (χ0) is 15.4. The summed E-state index contributed by atoms with van der Waals surface area (Å²) in [5, 5.41) is 0. The highest BCUT2D eigenvalue weighted by atomic mass is 16.5. The smallest absolute Gasteiger partial charge is 0.226 e. The van der Waals surface area contributed by atoms with Crippen LogP contribution in [0.15, 0.2) is 59.0 Å². The van der Waals surface area contributed by atoms with Crippen molar-refractivity contribution in [2.75, 3.05) is 0 Å². The molecule has 0 unspecified atom stereocenters. The maximum atomic E-state index is 5.79. The van der Waals surface area contributed by atoms with Crippen molar-refractivity contribution in [3.8, 4) is 23.0 Å². The molecule has 0 aliphatic carbocycles. The predicted octanol–water partition coefficient (Wildman–Crippen LogP) is 5.39. The molecule has 3 aromatic rings. The maximum Gasteiger partial charge on any atom is 0.226 e. The van der Waals surface area contributed by atoms with E-state index in [1.165, 1.54) is 0 Å². The Hall–Kier alpha value is -2.55. The molecule has 0 N–H and O–H groups in total. The topological polar surface area (TPSA) is 35.3 Å². The third-order valence-corrected chi connectivity index (χ3v) is 3.46. The van der Waals surface area contributed by atoms with Crippen LogP contribution in [0.2, 0.25) is 0 Å². The third-order valence-electron chi connectivity index (χ3n) is 3.46. The summed E-state index contributed by atoms with van der Waals surface area (Å²) in [6.07, 6.45) is 2.02. The molecule has 112 valence electrons. The van der Waals surface area contributed by atoms with Gasteiger partial charge in [0.2, 0.25) is 5.89 Å². The van der Waals surface area contributed by atoms with Crippen LogP contribution in [0.25, 0.3) is 11.5 Å². The molecule has 0 aliphatic rings. The molecule has 0 spiro atoms. The fraction of sp³-hybridized carbons (Fsp3) is 0.211. The van der Waals surface area contributed by atoms with E-state index in [4.69, 9.17) is 9.15 Å². The number of aryl methyl sites for hydroxylation is 2. The van der Waals surface area contributed by atoms with Gasteiger partial charge in [-0.1, -0.05) is 31.5 Å². The molecule has 3 nitrogen and oxygen atoms in total. The Balaban J connectivity index is 1.78. The number of ether oxygens (including phenoxy) is 1. The molecule has 0 atom stereocenters. The lowest BCUT2D eigenvalue weighted by Gasteiger charge is -2.05. The monoisotopic (exact) mass is 293 g/mol. The Morgan fingerprint density at radius 3 is 2.32 bits per heavy atom. The van der Waals surface area contributed by atoms with Gasteiger partial charge in [0.25, 0.3) is 0 Å². The Bertz CT molecular complexity index is 730. The number of oxazole rings is 1. The first-order chi connectivity index (χ1) is 10.8. The van der Waals surface area contributed by atoms with Gasteiger partial charge in [0, 0.05) is 5.56 Å². The molecule has 2 aromatic carbocycles. The normalized spacial score (nSPS) is 10.6. The largest absolute Gasteiger partial charge is 0.457 e. The molecule has 3 heteroatoms. The van der Waals surface area contributed by atoms with Crippen LogP contribution in [-0.4, -0.2) is 4.98 Å². The SMILES string of the molecule is CCCc1nc(-c2ccc(Oc3ccccc3)cc2)oc1C. The van der Waals surface area contributed by atoms with Crippen molar-refractivity contribution in [3.05, 3.63) is 66.1 Å². The second-order valence-electron chi connectivity index (χ2n) is 5.21. The van der Waals surface area contributed by atoms with Gasteiger partial charge in [-0.3, -0.25) is 0 Å². The van der Waals surface area contributed by atoms with Crippen molar-refractivity contribution in [1.29, 1.82) is 0 Å². The lowest BCUT2D eigenvalue weighted by molar-refractivity contribution is 0.482. The number of rotatable bonds is 5. The molecule has 0 amide bonds. The lowest BCUT2D eigenvalue weighted by Crippen LogP contribution is -1.86. The fourth-order valence-corrected chi connectivity index (χ4v) is 2.31. The van der Waals surface area contributed by atoms with E-state index >= 15 is 0 Å². The van der Waals surface area contributed by atoms with Crippen molar-refractivity contribution in [2.45, 2.75) is 26.7 Å². The molecule has 22 heavy (non-hydrogen) atoms. The van der Waals surface area contributed by atoms with Gasteiger partial charge < -0.3 is 9.15 Å². The number of nitrogens with zero attached hydrogens (tertiary/aromatic N) is 1. The first kappa shape index (κ1) is 14.4. The van der Waals surface area contributed by atoms with E-state index < -0.39 is 0 Å². The summed E-state index contributed by atoms with van der Waals surface area (Å²) < 4.78 is 11.5. The fourth-order valence-electron chi connectivity index (χ4n) is 2.31. The van der Waals surface area contributed by atoms with Gasteiger partial charge in [-0.05, 0) is 49.7 Å². The lowest BCUT2D eigenvalue weighted by atomic mass is 10.2. The van der Waals surface area contributed by atoms with Crippen molar-refractivity contribution >= 4 is 0 Å². The molecule has 0 radical (unpaired) electrons. The number of para-hydroxylation sites is 1. The average Bonchev–Trinajstić information content (AvgIpc) is 2.91. The molecule has 3 rings (SSSR count). The quantitative estimate of drug-likeness (QED) is 0.632. The highest BCUT2D eigenvalue weighted by Gasteiger charge is 2.10. The highest BCUT2D eigenvalue weighted by Crippen LogP contribution is 2.26. The summed E-state index contributed by atoms with van der Waals surface area (Å²) in [7, 11) is 0. The van der Waals surface area contributed by atoms with Crippen LogP contribution in [0.5, 0.6) is 11.5 Å². The van der Waals surface area contributed by atoms with E-state index in [0.29, 0.717) is 5.89 Å². The van der Waals surface area contributed by atoms with Gasteiger partial charge in [-0.25, -0.2) is 4.98 Å². The number of aromatic nitrogens is 1. The molecule has 0 saturated carbocycles. The number of hydrogen-bond donors (Lipinski definition) is 0. The van der Waals surface area contributed by atoms with Crippen LogP contribution in [0.1, 0.15) is 24.8 Å². The minimum absolute atomic E-state index is 0.673. The van der Waals surface area contributed by atoms with Gasteiger partial charge >= 0.3 is 0 Å². The van der Waals surface area contributed by atoms with Crippen LogP contribution >= 0.6 is 0 Å². The predicted molar refractivity (Wildman–Crippen MR) is 87.2 cm³/mol.